The van der Waals surface area contributed by atoms with E-state index in [0.717, 1.165) is 10.0 Å². The standard InChI is InChI=1S/C14H12BrN3O/c15-12-1-2-13(11(7-12)8-16)18-9-14(19)10-3-5-17-6-4-10/h1-7,14,18-19H,9H2. The Morgan fingerprint density at radius 3 is 2.74 bits per heavy atom. The molecule has 0 aliphatic carbocycles. The van der Waals surface area contributed by atoms with Gasteiger partial charge in [0.05, 0.1) is 17.4 Å². The van der Waals surface area contributed by atoms with Crippen molar-refractivity contribution >= 4 is 21.6 Å². The number of rotatable bonds is 4. The summed E-state index contributed by atoms with van der Waals surface area (Å²) in [5.41, 5.74) is 2.04. The molecule has 2 aromatic rings. The molecule has 5 heteroatoms. The van der Waals surface area contributed by atoms with Gasteiger partial charge in [0.2, 0.25) is 0 Å². The largest absolute Gasteiger partial charge is 0.387 e. The summed E-state index contributed by atoms with van der Waals surface area (Å²) in [6, 6.07) is 11.0. The Balaban J connectivity index is 2.05. The fourth-order valence-electron chi connectivity index (χ4n) is 1.67. The highest BCUT2D eigenvalue weighted by Crippen LogP contribution is 2.21. The van der Waals surface area contributed by atoms with Gasteiger partial charge in [0, 0.05) is 23.4 Å². The van der Waals surface area contributed by atoms with Crippen molar-refractivity contribution in [1.29, 1.82) is 5.26 Å². The first-order valence-corrected chi connectivity index (χ1v) is 6.51. The molecule has 0 fully saturated rings. The van der Waals surface area contributed by atoms with Crippen LogP contribution in [0.2, 0.25) is 0 Å². The van der Waals surface area contributed by atoms with Crippen LogP contribution in [0.5, 0.6) is 0 Å². The predicted octanol–water partition coefficient (Wildman–Crippen LogP) is 2.86. The second kappa shape index (κ2) is 6.32. The minimum absolute atomic E-state index is 0.334. The van der Waals surface area contributed by atoms with E-state index in [1.807, 2.05) is 12.1 Å². The minimum Gasteiger partial charge on any atom is -0.387 e. The number of pyridine rings is 1. The molecule has 1 aromatic heterocycles. The van der Waals surface area contributed by atoms with E-state index in [-0.39, 0.29) is 0 Å². The molecule has 0 amide bonds. The number of anilines is 1. The molecule has 1 heterocycles. The van der Waals surface area contributed by atoms with E-state index in [2.05, 4.69) is 32.3 Å². The molecule has 96 valence electrons. The number of nitrogens with one attached hydrogen (secondary N) is 1. The van der Waals surface area contributed by atoms with Gasteiger partial charge in [-0.25, -0.2) is 0 Å². The van der Waals surface area contributed by atoms with E-state index in [1.165, 1.54) is 0 Å². The average molecular weight is 318 g/mol. The molecule has 19 heavy (non-hydrogen) atoms. The van der Waals surface area contributed by atoms with Gasteiger partial charge in [-0.15, -0.1) is 0 Å². The Labute approximate surface area is 119 Å². The van der Waals surface area contributed by atoms with Gasteiger partial charge in [-0.3, -0.25) is 4.98 Å². The van der Waals surface area contributed by atoms with Gasteiger partial charge in [-0.05, 0) is 35.9 Å². The molecular weight excluding hydrogens is 306 g/mol. The molecule has 0 bridgehead atoms. The van der Waals surface area contributed by atoms with Crippen LogP contribution in [-0.4, -0.2) is 16.6 Å². The lowest BCUT2D eigenvalue weighted by molar-refractivity contribution is 0.191. The summed E-state index contributed by atoms with van der Waals surface area (Å²) in [6.45, 7) is 0.334. The molecule has 2 N–H and O–H groups in total. The first-order valence-electron chi connectivity index (χ1n) is 5.72. The zero-order chi connectivity index (χ0) is 13.7. The summed E-state index contributed by atoms with van der Waals surface area (Å²) in [7, 11) is 0. The third-order valence-electron chi connectivity index (χ3n) is 2.68. The fourth-order valence-corrected chi connectivity index (χ4v) is 2.03. The smallest absolute Gasteiger partial charge is 0.101 e. The van der Waals surface area contributed by atoms with Crippen LogP contribution >= 0.6 is 15.9 Å². The summed E-state index contributed by atoms with van der Waals surface area (Å²) in [4.78, 5) is 3.90. The lowest BCUT2D eigenvalue weighted by atomic mass is 10.1. The van der Waals surface area contributed by atoms with Gasteiger partial charge in [0.25, 0.3) is 0 Å². The maximum atomic E-state index is 10.0. The lowest BCUT2D eigenvalue weighted by Gasteiger charge is -2.14. The van der Waals surface area contributed by atoms with Gasteiger partial charge < -0.3 is 10.4 Å². The van der Waals surface area contributed by atoms with Crippen LogP contribution in [0.15, 0.2) is 47.2 Å². The van der Waals surface area contributed by atoms with Gasteiger partial charge in [-0.1, -0.05) is 15.9 Å². The molecule has 0 aliphatic rings. The van der Waals surface area contributed by atoms with Crippen molar-refractivity contribution in [3.63, 3.8) is 0 Å². The summed E-state index contributed by atoms with van der Waals surface area (Å²) in [6.07, 6.45) is 2.64. The summed E-state index contributed by atoms with van der Waals surface area (Å²) < 4.78 is 0.851. The zero-order valence-electron chi connectivity index (χ0n) is 10.0. The first kappa shape index (κ1) is 13.5. The van der Waals surface area contributed by atoms with Crippen molar-refractivity contribution in [2.45, 2.75) is 6.10 Å². The maximum absolute atomic E-state index is 10.0. The van der Waals surface area contributed by atoms with Crippen molar-refractivity contribution in [3.8, 4) is 6.07 Å². The molecule has 1 atom stereocenters. The van der Waals surface area contributed by atoms with Crippen LogP contribution in [-0.2, 0) is 0 Å². The molecule has 0 aliphatic heterocycles. The second-order valence-corrected chi connectivity index (χ2v) is 4.89. The van der Waals surface area contributed by atoms with Crippen LogP contribution in [0.25, 0.3) is 0 Å². The molecule has 0 saturated carbocycles. The number of aliphatic hydroxyl groups excluding tert-OH is 1. The van der Waals surface area contributed by atoms with E-state index in [0.29, 0.717) is 17.8 Å². The van der Waals surface area contributed by atoms with Gasteiger partial charge in [0.1, 0.15) is 6.07 Å². The molecular formula is C14H12BrN3O. The van der Waals surface area contributed by atoms with Gasteiger partial charge in [0.15, 0.2) is 0 Å². The first-order chi connectivity index (χ1) is 9.20. The van der Waals surface area contributed by atoms with Crippen LogP contribution in [0.4, 0.5) is 5.69 Å². The molecule has 1 aromatic carbocycles. The van der Waals surface area contributed by atoms with Gasteiger partial charge in [-0.2, -0.15) is 5.26 Å². The average Bonchev–Trinajstić information content (AvgIpc) is 2.46. The third-order valence-corrected chi connectivity index (χ3v) is 3.17. The summed E-state index contributed by atoms with van der Waals surface area (Å²) >= 11 is 3.32. The van der Waals surface area contributed by atoms with Crippen molar-refractivity contribution < 1.29 is 5.11 Å². The van der Waals surface area contributed by atoms with E-state index < -0.39 is 6.10 Å². The number of nitriles is 1. The van der Waals surface area contributed by atoms with Crippen LogP contribution in [0.3, 0.4) is 0 Å². The Morgan fingerprint density at radius 2 is 2.05 bits per heavy atom. The van der Waals surface area contributed by atoms with Crippen molar-refractivity contribution in [2.24, 2.45) is 0 Å². The van der Waals surface area contributed by atoms with E-state index in [4.69, 9.17) is 5.26 Å². The normalized spacial score (nSPS) is 11.6. The molecule has 4 nitrogen and oxygen atoms in total. The zero-order valence-corrected chi connectivity index (χ0v) is 11.6. The monoisotopic (exact) mass is 317 g/mol. The number of hydrogen-bond acceptors (Lipinski definition) is 4. The number of nitrogens with zero attached hydrogens (tertiary/aromatic N) is 2. The second-order valence-electron chi connectivity index (χ2n) is 3.98. The Bertz CT molecular complexity index is 595. The van der Waals surface area contributed by atoms with E-state index in [1.54, 1.807) is 30.6 Å². The van der Waals surface area contributed by atoms with Crippen LogP contribution < -0.4 is 5.32 Å². The van der Waals surface area contributed by atoms with Crippen LogP contribution in [0, 0.1) is 11.3 Å². The van der Waals surface area contributed by atoms with E-state index in [9.17, 15) is 5.11 Å². The van der Waals surface area contributed by atoms with Crippen LogP contribution in [0.1, 0.15) is 17.2 Å². The molecule has 2 rings (SSSR count). The Morgan fingerprint density at radius 1 is 1.32 bits per heavy atom. The molecule has 0 spiro atoms. The predicted molar refractivity (Wildman–Crippen MR) is 76.5 cm³/mol. The lowest BCUT2D eigenvalue weighted by Crippen LogP contribution is -2.12. The highest BCUT2D eigenvalue weighted by molar-refractivity contribution is 9.10. The van der Waals surface area contributed by atoms with Gasteiger partial charge >= 0.3 is 0 Å². The molecule has 0 radical (unpaired) electrons. The highest BCUT2D eigenvalue weighted by atomic mass is 79.9. The topological polar surface area (TPSA) is 68.9 Å². The number of aromatic nitrogens is 1. The number of benzene rings is 1. The third kappa shape index (κ3) is 3.53. The number of halogens is 1. The molecule has 1 unspecified atom stereocenters. The van der Waals surface area contributed by atoms with Crippen molar-refractivity contribution in [3.05, 3.63) is 58.3 Å². The fraction of sp³-hybridized carbons (Fsp3) is 0.143. The minimum atomic E-state index is -0.641. The highest BCUT2D eigenvalue weighted by Gasteiger charge is 2.08. The van der Waals surface area contributed by atoms with E-state index >= 15 is 0 Å². The SMILES string of the molecule is N#Cc1cc(Br)ccc1NCC(O)c1ccncc1. The Hall–Kier alpha value is -1.90. The quantitative estimate of drug-likeness (QED) is 0.909. The maximum Gasteiger partial charge on any atom is 0.101 e. The van der Waals surface area contributed by atoms with Crippen molar-refractivity contribution in [2.75, 3.05) is 11.9 Å². The summed E-state index contributed by atoms with van der Waals surface area (Å²) in [5.74, 6) is 0. The van der Waals surface area contributed by atoms with Crippen molar-refractivity contribution in [1.82, 2.24) is 4.98 Å². The number of hydrogen-bond donors (Lipinski definition) is 2. The summed E-state index contributed by atoms with van der Waals surface area (Å²) in [5, 5.41) is 22.1. The molecule has 0 saturated heterocycles. The Kier molecular flexibility index (Phi) is 4.50. The number of aliphatic hydroxyl groups is 1.